The normalized spacial score (nSPS) is 14.2. The number of aryl methyl sites for hydroxylation is 1. The minimum Gasteiger partial charge on any atom is -0.333 e. The van der Waals surface area contributed by atoms with Crippen LogP contribution in [0.1, 0.15) is 31.5 Å². The fourth-order valence-electron chi connectivity index (χ4n) is 1.35. The Hall–Kier alpha value is -1.04. The van der Waals surface area contributed by atoms with Crippen LogP contribution < -0.4 is 5.73 Å². The van der Waals surface area contributed by atoms with Gasteiger partial charge < -0.3 is 10.3 Å². The lowest BCUT2D eigenvalue weighted by molar-refractivity contribution is -0.135. The fraction of sp³-hybridized carbons (Fsp3) is 0.667. The summed E-state index contributed by atoms with van der Waals surface area (Å²) in [5.41, 5.74) is 6.39. The molecule has 0 fully saturated rings. The molecule has 0 saturated carbocycles. The van der Waals surface area contributed by atoms with Crippen molar-refractivity contribution in [1.82, 2.24) is 9.55 Å². The van der Waals surface area contributed by atoms with E-state index >= 15 is 0 Å². The van der Waals surface area contributed by atoms with E-state index in [1.807, 2.05) is 0 Å². The topological polar surface area (TPSA) is 43.8 Å². The standard InChI is InChI=1S/C9H14F3N3/c1-7(13)8-5-14-6-15(8)4-2-3-9(10,11)12/h5-7H,2-4,13H2,1H3/t7-/m1/s1. The maximum absolute atomic E-state index is 11.9. The molecular formula is C9H14F3N3. The Balaban J connectivity index is 2.47. The zero-order valence-electron chi connectivity index (χ0n) is 8.46. The first kappa shape index (κ1) is 12.0. The Morgan fingerprint density at radius 1 is 1.53 bits per heavy atom. The minimum absolute atomic E-state index is 0.0551. The summed E-state index contributed by atoms with van der Waals surface area (Å²) < 4.78 is 37.3. The summed E-state index contributed by atoms with van der Waals surface area (Å²) in [6.07, 6.45) is -1.72. The molecule has 0 aliphatic carbocycles. The van der Waals surface area contributed by atoms with E-state index in [4.69, 9.17) is 5.73 Å². The van der Waals surface area contributed by atoms with Gasteiger partial charge in [-0.2, -0.15) is 13.2 Å². The molecule has 1 aromatic rings. The average Bonchev–Trinajstić information content (AvgIpc) is 2.49. The summed E-state index contributed by atoms with van der Waals surface area (Å²) in [5.74, 6) is 0. The Kier molecular flexibility index (Phi) is 3.73. The average molecular weight is 221 g/mol. The van der Waals surface area contributed by atoms with Crippen molar-refractivity contribution in [3.63, 3.8) is 0 Å². The highest BCUT2D eigenvalue weighted by molar-refractivity contribution is 5.02. The summed E-state index contributed by atoms with van der Waals surface area (Å²) in [6, 6.07) is -0.210. The first-order valence-corrected chi connectivity index (χ1v) is 4.72. The van der Waals surface area contributed by atoms with Crippen molar-refractivity contribution >= 4 is 0 Å². The van der Waals surface area contributed by atoms with Crippen LogP contribution in [0.15, 0.2) is 12.5 Å². The highest BCUT2D eigenvalue weighted by Crippen LogP contribution is 2.22. The van der Waals surface area contributed by atoms with Gasteiger partial charge in [0.05, 0.1) is 12.0 Å². The Bertz CT molecular complexity index is 304. The van der Waals surface area contributed by atoms with Crippen molar-refractivity contribution in [1.29, 1.82) is 0 Å². The molecule has 0 amide bonds. The third kappa shape index (κ3) is 3.91. The number of rotatable bonds is 4. The number of hydrogen-bond acceptors (Lipinski definition) is 2. The highest BCUT2D eigenvalue weighted by Gasteiger charge is 2.26. The van der Waals surface area contributed by atoms with Crippen LogP contribution in [0.25, 0.3) is 0 Å². The second kappa shape index (κ2) is 4.65. The van der Waals surface area contributed by atoms with E-state index in [0.29, 0.717) is 6.54 Å². The third-order valence-electron chi connectivity index (χ3n) is 2.07. The first-order chi connectivity index (χ1) is 6.90. The molecule has 2 N–H and O–H groups in total. The highest BCUT2D eigenvalue weighted by atomic mass is 19.4. The van der Waals surface area contributed by atoms with Gasteiger partial charge in [-0.1, -0.05) is 0 Å². The largest absolute Gasteiger partial charge is 0.389 e. The number of alkyl halides is 3. The van der Waals surface area contributed by atoms with E-state index < -0.39 is 12.6 Å². The molecule has 0 spiro atoms. The van der Waals surface area contributed by atoms with Gasteiger partial charge in [0.15, 0.2) is 0 Å². The molecule has 1 heterocycles. The van der Waals surface area contributed by atoms with Crippen LogP contribution in [0.4, 0.5) is 13.2 Å². The van der Waals surface area contributed by atoms with Gasteiger partial charge in [0.1, 0.15) is 0 Å². The van der Waals surface area contributed by atoms with Crippen molar-refractivity contribution in [3.05, 3.63) is 18.2 Å². The SMILES string of the molecule is C[C@@H](N)c1cncn1CCCC(F)(F)F. The molecule has 86 valence electrons. The second-order valence-corrected chi connectivity index (χ2v) is 3.52. The fourth-order valence-corrected chi connectivity index (χ4v) is 1.35. The van der Waals surface area contributed by atoms with Crippen LogP contribution in [-0.2, 0) is 6.54 Å². The molecule has 15 heavy (non-hydrogen) atoms. The number of aromatic nitrogens is 2. The first-order valence-electron chi connectivity index (χ1n) is 4.72. The van der Waals surface area contributed by atoms with E-state index in [1.165, 1.54) is 6.33 Å². The number of hydrogen-bond donors (Lipinski definition) is 1. The molecule has 0 aromatic carbocycles. The number of nitrogens with zero attached hydrogens (tertiary/aromatic N) is 2. The molecule has 1 aromatic heterocycles. The molecule has 1 rings (SSSR count). The van der Waals surface area contributed by atoms with Crippen molar-refractivity contribution < 1.29 is 13.2 Å². The van der Waals surface area contributed by atoms with E-state index in [9.17, 15) is 13.2 Å². The summed E-state index contributed by atoms with van der Waals surface area (Å²) >= 11 is 0. The van der Waals surface area contributed by atoms with Gasteiger partial charge >= 0.3 is 6.18 Å². The Morgan fingerprint density at radius 3 is 2.73 bits per heavy atom. The Morgan fingerprint density at radius 2 is 2.20 bits per heavy atom. The van der Waals surface area contributed by atoms with Crippen LogP contribution >= 0.6 is 0 Å². The molecule has 0 aliphatic rings. The predicted octanol–water partition coefficient (Wildman–Crippen LogP) is 2.25. The molecule has 0 bridgehead atoms. The smallest absolute Gasteiger partial charge is 0.333 e. The summed E-state index contributed by atoms with van der Waals surface area (Å²) in [6.45, 7) is 2.08. The number of imidazole rings is 1. The maximum atomic E-state index is 11.9. The van der Waals surface area contributed by atoms with Gasteiger partial charge in [-0.3, -0.25) is 0 Å². The van der Waals surface area contributed by atoms with E-state index in [1.54, 1.807) is 17.7 Å². The molecule has 0 aliphatic heterocycles. The Labute approximate surface area is 86.1 Å². The van der Waals surface area contributed by atoms with Gasteiger partial charge in [0, 0.05) is 25.2 Å². The molecular weight excluding hydrogens is 207 g/mol. The lowest BCUT2D eigenvalue weighted by Gasteiger charge is -2.11. The molecule has 0 unspecified atom stereocenters. The monoisotopic (exact) mass is 221 g/mol. The zero-order valence-corrected chi connectivity index (χ0v) is 8.46. The van der Waals surface area contributed by atoms with E-state index in [2.05, 4.69) is 4.98 Å². The van der Waals surface area contributed by atoms with E-state index in [-0.39, 0.29) is 12.5 Å². The molecule has 0 radical (unpaired) electrons. The van der Waals surface area contributed by atoms with Crippen LogP contribution in [0, 0.1) is 0 Å². The van der Waals surface area contributed by atoms with Gasteiger partial charge in [-0.05, 0) is 13.3 Å². The quantitative estimate of drug-likeness (QED) is 0.847. The third-order valence-corrected chi connectivity index (χ3v) is 2.07. The lowest BCUT2D eigenvalue weighted by Crippen LogP contribution is -2.14. The van der Waals surface area contributed by atoms with Crippen LogP contribution in [-0.4, -0.2) is 15.7 Å². The van der Waals surface area contributed by atoms with Crippen molar-refractivity contribution in [2.45, 2.75) is 38.5 Å². The zero-order chi connectivity index (χ0) is 11.5. The molecule has 1 atom stereocenters. The second-order valence-electron chi connectivity index (χ2n) is 3.52. The maximum Gasteiger partial charge on any atom is 0.389 e. The van der Waals surface area contributed by atoms with Gasteiger partial charge in [-0.15, -0.1) is 0 Å². The molecule has 0 saturated heterocycles. The summed E-state index contributed by atoms with van der Waals surface area (Å²) in [4.78, 5) is 3.86. The number of halogens is 3. The molecule has 6 heteroatoms. The van der Waals surface area contributed by atoms with Gasteiger partial charge in [0.2, 0.25) is 0 Å². The van der Waals surface area contributed by atoms with Crippen LogP contribution in [0.2, 0.25) is 0 Å². The van der Waals surface area contributed by atoms with E-state index in [0.717, 1.165) is 5.69 Å². The predicted molar refractivity (Wildman–Crippen MR) is 50.1 cm³/mol. The minimum atomic E-state index is -4.09. The summed E-state index contributed by atoms with van der Waals surface area (Å²) in [7, 11) is 0. The van der Waals surface area contributed by atoms with Crippen molar-refractivity contribution in [3.8, 4) is 0 Å². The van der Waals surface area contributed by atoms with Crippen molar-refractivity contribution in [2.24, 2.45) is 5.73 Å². The van der Waals surface area contributed by atoms with Crippen molar-refractivity contribution in [2.75, 3.05) is 0 Å². The van der Waals surface area contributed by atoms with Gasteiger partial charge in [-0.25, -0.2) is 4.98 Å². The van der Waals surface area contributed by atoms with Crippen LogP contribution in [0.3, 0.4) is 0 Å². The number of nitrogens with two attached hydrogens (primary N) is 1. The lowest BCUT2D eigenvalue weighted by atomic mass is 10.2. The van der Waals surface area contributed by atoms with Crippen LogP contribution in [0.5, 0.6) is 0 Å². The summed E-state index contributed by atoms with van der Waals surface area (Å²) in [5, 5.41) is 0. The molecule has 3 nitrogen and oxygen atoms in total. The van der Waals surface area contributed by atoms with Gasteiger partial charge in [0.25, 0.3) is 0 Å².